The van der Waals surface area contributed by atoms with Gasteiger partial charge in [-0.1, -0.05) is 0 Å². The van der Waals surface area contributed by atoms with E-state index >= 15 is 0 Å². The zero-order valence-corrected chi connectivity index (χ0v) is 12.4. The number of carbonyl (C=O) groups is 3. The van der Waals surface area contributed by atoms with Crippen molar-refractivity contribution < 1.29 is 19.5 Å². The molecule has 2 rings (SSSR count). The Balaban J connectivity index is 1.81. The third-order valence-corrected chi connectivity index (χ3v) is 4.37. The molecule has 2 fully saturated rings. The zero-order valence-electron chi connectivity index (χ0n) is 12.4. The number of amides is 3. The highest BCUT2D eigenvalue weighted by atomic mass is 16.4. The lowest BCUT2D eigenvalue weighted by atomic mass is 9.84. The van der Waals surface area contributed by atoms with E-state index in [4.69, 9.17) is 0 Å². The van der Waals surface area contributed by atoms with E-state index in [0.717, 1.165) is 19.3 Å². The summed E-state index contributed by atoms with van der Waals surface area (Å²) in [5.74, 6) is -1.11. The number of carboxylic acids is 1. The molecule has 0 aromatic heterocycles. The van der Waals surface area contributed by atoms with Crippen molar-refractivity contribution in [2.45, 2.75) is 45.2 Å². The molecule has 0 saturated heterocycles. The molecular formula is C14H23N3O4. The topological polar surface area (TPSA) is 108 Å². The smallest absolute Gasteiger partial charge is 0.321 e. The fraction of sp³-hybridized carbons (Fsp3) is 0.786. The molecule has 2 saturated carbocycles. The van der Waals surface area contributed by atoms with Gasteiger partial charge in [-0.05, 0) is 44.9 Å². The number of urea groups is 1. The predicted molar refractivity (Wildman–Crippen MR) is 75.6 cm³/mol. The van der Waals surface area contributed by atoms with E-state index in [1.54, 1.807) is 13.8 Å². The normalized spacial score (nSPS) is 30.4. The van der Waals surface area contributed by atoms with Crippen LogP contribution in [0.2, 0.25) is 0 Å². The second kappa shape index (κ2) is 6.43. The molecule has 0 radical (unpaired) electrons. The summed E-state index contributed by atoms with van der Waals surface area (Å²) in [6.45, 7) is 3.56. The van der Waals surface area contributed by atoms with Gasteiger partial charge in [0.05, 0.1) is 12.5 Å². The fourth-order valence-electron chi connectivity index (χ4n) is 3.62. The Kier molecular flexibility index (Phi) is 4.82. The minimum atomic E-state index is -0.794. The van der Waals surface area contributed by atoms with Gasteiger partial charge in [0, 0.05) is 12.1 Å². The van der Waals surface area contributed by atoms with Crippen molar-refractivity contribution in [1.29, 1.82) is 0 Å². The zero-order chi connectivity index (χ0) is 15.6. The number of carbonyl (C=O) groups excluding carboxylic acids is 2. The van der Waals surface area contributed by atoms with E-state index in [1.807, 2.05) is 0 Å². The lowest BCUT2D eigenvalue weighted by molar-refractivity contribution is -0.144. The minimum absolute atomic E-state index is 0.0385. The molecule has 2 bridgehead atoms. The van der Waals surface area contributed by atoms with Crippen molar-refractivity contribution in [1.82, 2.24) is 16.0 Å². The molecule has 4 unspecified atom stereocenters. The van der Waals surface area contributed by atoms with Crippen LogP contribution >= 0.6 is 0 Å². The fourth-order valence-corrected chi connectivity index (χ4v) is 3.62. The molecule has 3 amide bonds. The van der Waals surface area contributed by atoms with Crippen molar-refractivity contribution in [3.05, 3.63) is 0 Å². The first kappa shape index (κ1) is 15.8. The van der Waals surface area contributed by atoms with Gasteiger partial charge in [-0.25, -0.2) is 4.79 Å². The van der Waals surface area contributed by atoms with E-state index < -0.39 is 23.8 Å². The summed E-state index contributed by atoms with van der Waals surface area (Å²) in [7, 11) is 0. The maximum Gasteiger partial charge on any atom is 0.321 e. The Hall–Kier alpha value is -1.63. The third-order valence-electron chi connectivity index (χ3n) is 4.37. The average molecular weight is 297 g/mol. The molecule has 7 nitrogen and oxygen atoms in total. The van der Waals surface area contributed by atoms with Gasteiger partial charge in [0.25, 0.3) is 0 Å². The van der Waals surface area contributed by atoms with Gasteiger partial charge in [-0.15, -0.1) is 0 Å². The molecule has 0 heterocycles. The van der Waals surface area contributed by atoms with Crippen LogP contribution in [0.1, 0.15) is 33.1 Å². The van der Waals surface area contributed by atoms with Crippen LogP contribution in [0.25, 0.3) is 0 Å². The van der Waals surface area contributed by atoms with Crippen molar-refractivity contribution in [2.24, 2.45) is 17.8 Å². The summed E-state index contributed by atoms with van der Waals surface area (Å²) in [5, 5.41) is 17.1. The monoisotopic (exact) mass is 297 g/mol. The molecule has 4 N–H and O–H groups in total. The summed E-state index contributed by atoms with van der Waals surface area (Å²) >= 11 is 0. The van der Waals surface area contributed by atoms with E-state index in [9.17, 15) is 19.5 Å². The van der Waals surface area contributed by atoms with E-state index in [2.05, 4.69) is 16.0 Å². The first-order valence-corrected chi connectivity index (χ1v) is 7.45. The third kappa shape index (κ3) is 3.72. The second-order valence-corrected chi connectivity index (χ2v) is 6.28. The number of fused-ring (bicyclic) bond motifs is 2. The van der Waals surface area contributed by atoms with Crippen LogP contribution in [0.3, 0.4) is 0 Å². The quantitative estimate of drug-likeness (QED) is 0.584. The molecular weight excluding hydrogens is 274 g/mol. The Labute approximate surface area is 123 Å². The van der Waals surface area contributed by atoms with Crippen molar-refractivity contribution >= 4 is 17.9 Å². The highest BCUT2D eigenvalue weighted by molar-refractivity contribution is 5.95. The number of carboxylic acid groups (broad SMARTS) is 1. The van der Waals surface area contributed by atoms with Gasteiger partial charge < -0.3 is 15.7 Å². The molecule has 2 aliphatic rings. The van der Waals surface area contributed by atoms with Gasteiger partial charge in [-0.3, -0.25) is 14.9 Å². The van der Waals surface area contributed by atoms with Crippen LogP contribution in [0.4, 0.5) is 4.79 Å². The number of hydrogen-bond donors (Lipinski definition) is 4. The van der Waals surface area contributed by atoms with Gasteiger partial charge >= 0.3 is 12.0 Å². The molecule has 0 aromatic rings. The molecule has 0 aromatic carbocycles. The molecule has 118 valence electrons. The maximum absolute atomic E-state index is 11.7. The summed E-state index contributed by atoms with van der Waals surface area (Å²) in [5.41, 5.74) is 0. The molecule has 0 spiro atoms. The van der Waals surface area contributed by atoms with Crippen LogP contribution in [-0.2, 0) is 9.59 Å². The van der Waals surface area contributed by atoms with E-state index in [1.165, 1.54) is 0 Å². The van der Waals surface area contributed by atoms with Crippen LogP contribution in [0.15, 0.2) is 0 Å². The largest absolute Gasteiger partial charge is 0.481 e. The molecule has 0 aliphatic heterocycles. The van der Waals surface area contributed by atoms with Gasteiger partial charge in [0.1, 0.15) is 0 Å². The molecule has 4 atom stereocenters. The maximum atomic E-state index is 11.7. The van der Waals surface area contributed by atoms with Crippen molar-refractivity contribution in [3.63, 3.8) is 0 Å². The Morgan fingerprint density at radius 1 is 1.19 bits per heavy atom. The Morgan fingerprint density at radius 2 is 1.86 bits per heavy atom. The van der Waals surface area contributed by atoms with E-state index in [-0.39, 0.29) is 24.5 Å². The first-order chi connectivity index (χ1) is 9.88. The van der Waals surface area contributed by atoms with E-state index in [0.29, 0.717) is 5.92 Å². The highest BCUT2D eigenvalue weighted by Crippen LogP contribution is 2.48. The number of rotatable bonds is 5. The number of nitrogens with one attached hydrogen (secondary N) is 3. The van der Waals surface area contributed by atoms with Crippen molar-refractivity contribution in [2.75, 3.05) is 6.54 Å². The predicted octanol–water partition coefficient (Wildman–Crippen LogP) is 0.310. The highest BCUT2D eigenvalue weighted by Gasteiger charge is 2.50. The van der Waals surface area contributed by atoms with Gasteiger partial charge in [0.2, 0.25) is 5.91 Å². The summed E-state index contributed by atoms with van der Waals surface area (Å²) in [6, 6.07) is -0.743. The second-order valence-electron chi connectivity index (χ2n) is 6.28. The van der Waals surface area contributed by atoms with Gasteiger partial charge in [0.15, 0.2) is 0 Å². The SMILES string of the molecule is CC(C)NC(=O)NC(=O)CNC1C2CCC(C2)C1C(=O)O. The number of imide groups is 1. The lowest BCUT2D eigenvalue weighted by Gasteiger charge is -2.28. The first-order valence-electron chi connectivity index (χ1n) is 7.45. The molecule has 7 heteroatoms. The molecule has 2 aliphatic carbocycles. The average Bonchev–Trinajstić information content (AvgIpc) is 2.94. The number of aliphatic carboxylic acids is 1. The summed E-state index contributed by atoms with van der Waals surface area (Å²) in [4.78, 5) is 34.4. The summed E-state index contributed by atoms with van der Waals surface area (Å²) in [6.07, 6.45) is 2.90. The Bertz CT molecular complexity index is 438. The van der Waals surface area contributed by atoms with Crippen LogP contribution in [0, 0.1) is 17.8 Å². The minimum Gasteiger partial charge on any atom is -0.481 e. The summed E-state index contributed by atoms with van der Waals surface area (Å²) < 4.78 is 0. The van der Waals surface area contributed by atoms with Crippen LogP contribution < -0.4 is 16.0 Å². The lowest BCUT2D eigenvalue weighted by Crippen LogP contribution is -2.50. The standard InChI is InChI=1S/C14H23N3O4/c1-7(2)16-14(21)17-10(18)6-15-12-9-4-3-8(5-9)11(12)13(19)20/h7-9,11-12,15H,3-6H2,1-2H3,(H,19,20)(H2,16,17,18,21). The van der Waals surface area contributed by atoms with Crippen molar-refractivity contribution in [3.8, 4) is 0 Å². The Morgan fingerprint density at radius 3 is 2.48 bits per heavy atom. The van der Waals surface area contributed by atoms with Crippen LogP contribution in [0.5, 0.6) is 0 Å². The number of hydrogen-bond acceptors (Lipinski definition) is 4. The molecule has 21 heavy (non-hydrogen) atoms. The van der Waals surface area contributed by atoms with Gasteiger partial charge in [-0.2, -0.15) is 0 Å². The van der Waals surface area contributed by atoms with Crippen LogP contribution in [-0.4, -0.2) is 41.6 Å².